The van der Waals surface area contributed by atoms with Crippen LogP contribution in [0.1, 0.15) is 15.2 Å². The van der Waals surface area contributed by atoms with Gasteiger partial charge < -0.3 is 10.8 Å². The molecule has 0 aliphatic carbocycles. The van der Waals surface area contributed by atoms with Crippen molar-refractivity contribution >= 4 is 33.4 Å². The third-order valence-electron chi connectivity index (χ3n) is 2.12. The zero-order valence-electron chi connectivity index (χ0n) is 7.36. The van der Waals surface area contributed by atoms with Crippen LogP contribution >= 0.6 is 11.3 Å². The number of nitrogen functional groups attached to an aromatic ring is 1. The molecule has 1 aromatic carbocycles. The molecule has 1 heterocycles. The second-order valence-corrected chi connectivity index (χ2v) is 4.07. The van der Waals surface area contributed by atoms with Crippen molar-refractivity contribution in [3.05, 3.63) is 28.6 Å². The molecule has 0 aliphatic rings. The molecule has 0 unspecified atom stereocenters. The number of rotatable bonds is 2. The van der Waals surface area contributed by atoms with E-state index in [4.69, 9.17) is 10.8 Å². The highest BCUT2D eigenvalue weighted by Gasteiger charge is 2.12. The first-order valence-corrected chi connectivity index (χ1v) is 4.95. The molecule has 1 aromatic heterocycles. The number of aliphatic hydroxyl groups is 1. The SMILES string of the molecule is Nc1cccc2sc(CO)c(C=O)c12. The summed E-state index contributed by atoms with van der Waals surface area (Å²) in [6.07, 6.45) is 0.751. The fourth-order valence-corrected chi connectivity index (χ4v) is 2.56. The van der Waals surface area contributed by atoms with Crippen LogP contribution in [0.3, 0.4) is 0 Å². The van der Waals surface area contributed by atoms with Crippen LogP contribution in [0.4, 0.5) is 5.69 Å². The van der Waals surface area contributed by atoms with Crippen LogP contribution in [-0.2, 0) is 6.61 Å². The Morgan fingerprint density at radius 3 is 2.93 bits per heavy atom. The number of carbonyl (C=O) groups is 1. The number of fused-ring (bicyclic) bond motifs is 1. The Labute approximate surface area is 84.8 Å². The average Bonchev–Trinajstić information content (AvgIpc) is 2.56. The van der Waals surface area contributed by atoms with Crippen LogP contribution in [0.2, 0.25) is 0 Å². The summed E-state index contributed by atoms with van der Waals surface area (Å²) in [6.45, 7) is -0.118. The number of aldehydes is 1. The van der Waals surface area contributed by atoms with E-state index in [2.05, 4.69) is 0 Å². The second-order valence-electron chi connectivity index (χ2n) is 2.94. The molecule has 0 fully saturated rings. The van der Waals surface area contributed by atoms with Crippen LogP contribution in [0.15, 0.2) is 18.2 Å². The molecule has 0 amide bonds. The van der Waals surface area contributed by atoms with E-state index >= 15 is 0 Å². The van der Waals surface area contributed by atoms with Crippen LogP contribution in [0.5, 0.6) is 0 Å². The smallest absolute Gasteiger partial charge is 0.151 e. The predicted molar refractivity (Wildman–Crippen MR) is 57.5 cm³/mol. The first-order chi connectivity index (χ1) is 6.77. The average molecular weight is 207 g/mol. The topological polar surface area (TPSA) is 63.3 Å². The molecular weight excluding hydrogens is 198 g/mol. The molecule has 0 spiro atoms. The number of aliphatic hydroxyl groups excluding tert-OH is 1. The van der Waals surface area contributed by atoms with Crippen molar-refractivity contribution in [2.45, 2.75) is 6.61 Å². The minimum absolute atomic E-state index is 0.118. The molecule has 0 saturated heterocycles. The van der Waals surface area contributed by atoms with Crippen molar-refractivity contribution in [3.63, 3.8) is 0 Å². The minimum atomic E-state index is -0.118. The first kappa shape index (κ1) is 9.18. The van der Waals surface area contributed by atoms with Gasteiger partial charge in [-0.15, -0.1) is 11.3 Å². The Hall–Kier alpha value is -1.39. The van der Waals surface area contributed by atoms with E-state index in [1.807, 2.05) is 12.1 Å². The molecule has 0 radical (unpaired) electrons. The number of thiophene rings is 1. The second kappa shape index (κ2) is 3.40. The molecule has 0 atom stereocenters. The van der Waals surface area contributed by atoms with Gasteiger partial charge in [0, 0.05) is 26.2 Å². The number of carbonyl (C=O) groups excluding carboxylic acids is 1. The number of anilines is 1. The summed E-state index contributed by atoms with van der Waals surface area (Å²) in [5.41, 5.74) is 6.87. The van der Waals surface area contributed by atoms with Crippen molar-refractivity contribution in [2.24, 2.45) is 0 Å². The fraction of sp³-hybridized carbons (Fsp3) is 0.100. The summed E-state index contributed by atoms with van der Waals surface area (Å²) in [4.78, 5) is 11.5. The van der Waals surface area contributed by atoms with Gasteiger partial charge >= 0.3 is 0 Å². The van der Waals surface area contributed by atoms with E-state index < -0.39 is 0 Å². The molecule has 3 N–H and O–H groups in total. The molecule has 0 bridgehead atoms. The number of hydrogen-bond acceptors (Lipinski definition) is 4. The minimum Gasteiger partial charge on any atom is -0.398 e. The highest BCUT2D eigenvalue weighted by Crippen LogP contribution is 2.33. The lowest BCUT2D eigenvalue weighted by molar-refractivity contribution is 0.112. The van der Waals surface area contributed by atoms with Crippen LogP contribution in [0.25, 0.3) is 10.1 Å². The molecule has 2 rings (SSSR count). The van der Waals surface area contributed by atoms with Gasteiger partial charge in [-0.2, -0.15) is 0 Å². The van der Waals surface area contributed by atoms with Gasteiger partial charge in [0.15, 0.2) is 6.29 Å². The van der Waals surface area contributed by atoms with Crippen LogP contribution < -0.4 is 5.73 Å². The molecular formula is C10H9NO2S. The Morgan fingerprint density at radius 1 is 1.50 bits per heavy atom. The van der Waals surface area contributed by atoms with Gasteiger partial charge in [-0.25, -0.2) is 0 Å². The van der Waals surface area contributed by atoms with Crippen molar-refractivity contribution in [1.29, 1.82) is 0 Å². The van der Waals surface area contributed by atoms with E-state index in [0.29, 0.717) is 16.1 Å². The third-order valence-corrected chi connectivity index (χ3v) is 3.28. The van der Waals surface area contributed by atoms with Gasteiger partial charge in [-0.1, -0.05) is 6.07 Å². The molecule has 2 aromatic rings. The zero-order chi connectivity index (χ0) is 10.1. The summed E-state index contributed by atoms with van der Waals surface area (Å²) < 4.78 is 0.941. The molecule has 14 heavy (non-hydrogen) atoms. The Kier molecular flexibility index (Phi) is 2.23. The van der Waals surface area contributed by atoms with E-state index in [9.17, 15) is 4.79 Å². The van der Waals surface area contributed by atoms with Gasteiger partial charge in [0.25, 0.3) is 0 Å². The summed E-state index contributed by atoms with van der Waals surface area (Å²) in [6, 6.07) is 5.48. The lowest BCUT2D eigenvalue weighted by Crippen LogP contribution is -1.89. The molecule has 3 nitrogen and oxygen atoms in total. The molecule has 72 valence electrons. The van der Waals surface area contributed by atoms with Gasteiger partial charge in [0.1, 0.15) is 0 Å². The van der Waals surface area contributed by atoms with Crippen molar-refractivity contribution in [2.75, 3.05) is 5.73 Å². The monoisotopic (exact) mass is 207 g/mol. The molecule has 0 aliphatic heterocycles. The van der Waals surface area contributed by atoms with Gasteiger partial charge in [0.2, 0.25) is 0 Å². The quantitative estimate of drug-likeness (QED) is 0.583. The maximum absolute atomic E-state index is 10.9. The zero-order valence-corrected chi connectivity index (χ0v) is 8.17. The lowest BCUT2D eigenvalue weighted by Gasteiger charge is -1.96. The van der Waals surface area contributed by atoms with E-state index in [-0.39, 0.29) is 6.61 Å². The Balaban J connectivity index is 2.88. The summed E-state index contributed by atoms with van der Waals surface area (Å²) in [7, 11) is 0. The van der Waals surface area contributed by atoms with Crippen molar-refractivity contribution < 1.29 is 9.90 Å². The van der Waals surface area contributed by atoms with Gasteiger partial charge in [-0.05, 0) is 12.1 Å². The Bertz CT molecular complexity index is 490. The molecule has 4 heteroatoms. The van der Waals surface area contributed by atoms with Gasteiger partial charge in [-0.3, -0.25) is 4.79 Å². The summed E-state index contributed by atoms with van der Waals surface area (Å²) in [5, 5.41) is 9.81. The van der Waals surface area contributed by atoms with E-state index in [1.165, 1.54) is 11.3 Å². The van der Waals surface area contributed by atoms with E-state index in [0.717, 1.165) is 16.4 Å². The molecule has 0 saturated carbocycles. The number of nitrogens with two attached hydrogens (primary N) is 1. The Morgan fingerprint density at radius 2 is 2.29 bits per heavy atom. The fourth-order valence-electron chi connectivity index (χ4n) is 1.49. The van der Waals surface area contributed by atoms with Crippen molar-refractivity contribution in [1.82, 2.24) is 0 Å². The summed E-state index contributed by atoms with van der Waals surface area (Å²) in [5.74, 6) is 0. The third kappa shape index (κ3) is 1.20. The number of hydrogen-bond donors (Lipinski definition) is 2. The standard InChI is InChI=1S/C10H9NO2S/c11-7-2-1-3-8-10(7)6(4-12)9(5-13)14-8/h1-4,13H,5,11H2. The highest BCUT2D eigenvalue weighted by molar-refractivity contribution is 7.19. The largest absolute Gasteiger partial charge is 0.398 e. The van der Waals surface area contributed by atoms with Crippen LogP contribution in [-0.4, -0.2) is 11.4 Å². The van der Waals surface area contributed by atoms with Crippen LogP contribution in [0, 0.1) is 0 Å². The van der Waals surface area contributed by atoms with Crippen molar-refractivity contribution in [3.8, 4) is 0 Å². The number of benzene rings is 1. The maximum atomic E-state index is 10.9. The van der Waals surface area contributed by atoms with Gasteiger partial charge in [0.05, 0.1) is 6.61 Å². The van der Waals surface area contributed by atoms with E-state index in [1.54, 1.807) is 6.07 Å². The predicted octanol–water partition coefficient (Wildman–Crippen LogP) is 1.79. The normalized spacial score (nSPS) is 10.6. The lowest BCUT2D eigenvalue weighted by atomic mass is 10.1. The summed E-state index contributed by atoms with van der Waals surface area (Å²) >= 11 is 1.40. The highest BCUT2D eigenvalue weighted by atomic mass is 32.1. The first-order valence-electron chi connectivity index (χ1n) is 4.14. The maximum Gasteiger partial charge on any atom is 0.151 e.